The Kier molecular flexibility index (Phi) is 7.17. The maximum atomic E-state index is 10.7. The molecule has 0 saturated heterocycles. The lowest BCUT2D eigenvalue weighted by molar-refractivity contribution is -0.136. The minimum Gasteiger partial charge on any atom is -0.481 e. The highest BCUT2D eigenvalue weighted by Crippen LogP contribution is 2.55. The highest BCUT2D eigenvalue weighted by molar-refractivity contribution is 7.95. The number of hydrogen-bond donors (Lipinski definition) is 1. The molecule has 0 spiro atoms. The van der Waals surface area contributed by atoms with E-state index in [1.165, 1.54) is 15.9 Å². The lowest BCUT2D eigenvalue weighted by Gasteiger charge is -2.27. The van der Waals surface area contributed by atoms with Gasteiger partial charge in [0.05, 0.1) is 6.16 Å². The van der Waals surface area contributed by atoms with Crippen LogP contribution in [-0.2, 0) is 4.79 Å². The summed E-state index contributed by atoms with van der Waals surface area (Å²) in [5.74, 6) is -0.746. The van der Waals surface area contributed by atoms with Crippen LogP contribution in [0.1, 0.15) is 19.3 Å². The molecule has 0 aliphatic heterocycles. The van der Waals surface area contributed by atoms with E-state index in [2.05, 4.69) is 97.1 Å². The standard InChI is InChI=1S/C25H25O2P/c26-25(27)20-12-1-2-13-21-28(22-14-6-3-7-15-22,23-16-8-4-9-17-23)24-18-10-5-11-19-24/h1-11,14-19H,12-13,20-21H2/p+1/b2-1+. The second-order valence-electron chi connectivity index (χ2n) is 6.73. The van der Waals surface area contributed by atoms with Crippen LogP contribution in [0.4, 0.5) is 0 Å². The minimum atomic E-state index is -1.79. The van der Waals surface area contributed by atoms with Crippen LogP contribution >= 0.6 is 7.26 Å². The van der Waals surface area contributed by atoms with Crippen LogP contribution in [-0.4, -0.2) is 17.2 Å². The van der Waals surface area contributed by atoms with Gasteiger partial charge in [-0.3, -0.25) is 4.79 Å². The molecule has 0 amide bonds. The molecule has 3 aromatic carbocycles. The van der Waals surface area contributed by atoms with Crippen LogP contribution in [0.3, 0.4) is 0 Å². The molecule has 0 heterocycles. The van der Waals surface area contributed by atoms with Crippen molar-refractivity contribution in [2.75, 3.05) is 6.16 Å². The molecule has 3 heteroatoms. The predicted molar refractivity (Wildman–Crippen MR) is 121 cm³/mol. The second kappa shape index (κ2) is 10.0. The summed E-state index contributed by atoms with van der Waals surface area (Å²) in [4.78, 5) is 10.7. The Morgan fingerprint density at radius 2 is 1.07 bits per heavy atom. The highest BCUT2D eigenvalue weighted by Gasteiger charge is 2.44. The summed E-state index contributed by atoms with van der Waals surface area (Å²) in [5, 5.41) is 13.0. The first-order valence-electron chi connectivity index (χ1n) is 9.65. The van der Waals surface area contributed by atoms with E-state index >= 15 is 0 Å². The van der Waals surface area contributed by atoms with E-state index in [0.717, 1.165) is 12.6 Å². The second-order valence-corrected chi connectivity index (χ2v) is 10.3. The van der Waals surface area contributed by atoms with Crippen molar-refractivity contribution < 1.29 is 9.90 Å². The van der Waals surface area contributed by atoms with E-state index in [4.69, 9.17) is 5.11 Å². The zero-order valence-corrected chi connectivity index (χ0v) is 16.8. The van der Waals surface area contributed by atoms with Crippen molar-refractivity contribution in [1.82, 2.24) is 0 Å². The van der Waals surface area contributed by atoms with Gasteiger partial charge in [0.2, 0.25) is 0 Å². The van der Waals surface area contributed by atoms with Gasteiger partial charge in [0, 0.05) is 12.8 Å². The van der Waals surface area contributed by atoms with Gasteiger partial charge in [0.25, 0.3) is 0 Å². The average molecular weight is 389 g/mol. The molecule has 3 rings (SSSR count). The molecule has 0 saturated carbocycles. The van der Waals surface area contributed by atoms with Gasteiger partial charge in [-0.25, -0.2) is 0 Å². The Bertz CT molecular complexity index is 793. The third-order valence-electron chi connectivity index (χ3n) is 4.91. The Labute approximate surface area is 167 Å². The average Bonchev–Trinajstić information content (AvgIpc) is 2.75. The van der Waals surface area contributed by atoms with Gasteiger partial charge < -0.3 is 5.11 Å². The van der Waals surface area contributed by atoms with Crippen LogP contribution in [0.15, 0.2) is 103 Å². The summed E-state index contributed by atoms with van der Waals surface area (Å²) < 4.78 is 0. The number of benzene rings is 3. The maximum absolute atomic E-state index is 10.7. The van der Waals surface area contributed by atoms with E-state index in [1.54, 1.807) is 0 Å². The largest absolute Gasteiger partial charge is 0.481 e. The topological polar surface area (TPSA) is 37.3 Å². The quantitative estimate of drug-likeness (QED) is 0.422. The van der Waals surface area contributed by atoms with Gasteiger partial charge in [0.1, 0.15) is 23.2 Å². The van der Waals surface area contributed by atoms with E-state index in [-0.39, 0.29) is 6.42 Å². The van der Waals surface area contributed by atoms with Crippen LogP contribution in [0, 0.1) is 0 Å². The summed E-state index contributed by atoms with van der Waals surface area (Å²) >= 11 is 0. The Hall–Kier alpha value is -2.70. The molecular weight excluding hydrogens is 363 g/mol. The first-order valence-corrected chi connectivity index (χ1v) is 11.6. The molecule has 0 atom stereocenters. The molecule has 28 heavy (non-hydrogen) atoms. The zero-order valence-electron chi connectivity index (χ0n) is 15.9. The molecular formula is C25H26O2P+. The Morgan fingerprint density at radius 3 is 1.46 bits per heavy atom. The molecule has 2 nitrogen and oxygen atoms in total. The smallest absolute Gasteiger partial charge is 0.303 e. The van der Waals surface area contributed by atoms with Gasteiger partial charge in [0.15, 0.2) is 0 Å². The zero-order chi connectivity index (χ0) is 19.7. The van der Waals surface area contributed by atoms with Crippen molar-refractivity contribution in [3.05, 3.63) is 103 Å². The monoisotopic (exact) mass is 389 g/mol. The lowest BCUT2D eigenvalue weighted by Crippen LogP contribution is -2.33. The first kappa shape index (κ1) is 20.0. The molecule has 3 aromatic rings. The highest BCUT2D eigenvalue weighted by atomic mass is 31.2. The minimum absolute atomic E-state index is 0.187. The van der Waals surface area contributed by atoms with Crippen molar-refractivity contribution in [3.63, 3.8) is 0 Å². The summed E-state index contributed by atoms with van der Waals surface area (Å²) in [6.45, 7) is 0. The molecule has 0 radical (unpaired) electrons. The molecule has 0 fully saturated rings. The van der Waals surface area contributed by atoms with Gasteiger partial charge in [-0.2, -0.15) is 0 Å². The van der Waals surface area contributed by atoms with Crippen LogP contribution in [0.5, 0.6) is 0 Å². The van der Waals surface area contributed by atoms with Crippen LogP contribution < -0.4 is 15.9 Å². The Balaban J connectivity index is 2.00. The number of aliphatic carboxylic acids is 1. The molecule has 0 aromatic heterocycles. The van der Waals surface area contributed by atoms with E-state index in [1.807, 2.05) is 6.08 Å². The maximum Gasteiger partial charge on any atom is 0.303 e. The summed E-state index contributed by atoms with van der Waals surface area (Å²) in [7, 11) is -1.79. The third kappa shape index (κ3) is 4.77. The van der Waals surface area contributed by atoms with Crippen LogP contribution in [0.25, 0.3) is 0 Å². The number of carboxylic acid groups (broad SMARTS) is 1. The fourth-order valence-corrected chi connectivity index (χ4v) is 7.84. The predicted octanol–water partition coefficient (Wildman–Crippen LogP) is 4.79. The summed E-state index contributed by atoms with van der Waals surface area (Å²) in [6, 6.07) is 32.5. The van der Waals surface area contributed by atoms with Gasteiger partial charge in [-0.05, 0) is 42.8 Å². The van der Waals surface area contributed by atoms with Crippen molar-refractivity contribution in [1.29, 1.82) is 0 Å². The number of carbonyl (C=O) groups is 1. The van der Waals surface area contributed by atoms with E-state index in [9.17, 15) is 4.79 Å². The molecule has 0 unspecified atom stereocenters. The summed E-state index contributed by atoms with van der Waals surface area (Å²) in [6.07, 6.45) is 6.87. The first-order chi connectivity index (χ1) is 13.7. The number of allylic oxidation sites excluding steroid dienone is 2. The van der Waals surface area contributed by atoms with Crippen molar-refractivity contribution in [2.24, 2.45) is 0 Å². The fraction of sp³-hybridized carbons (Fsp3) is 0.160. The molecule has 0 aliphatic rings. The van der Waals surface area contributed by atoms with Gasteiger partial charge in [-0.15, -0.1) is 0 Å². The molecule has 1 N–H and O–H groups in total. The van der Waals surface area contributed by atoms with E-state index < -0.39 is 13.2 Å². The van der Waals surface area contributed by atoms with Crippen molar-refractivity contribution in [2.45, 2.75) is 19.3 Å². The van der Waals surface area contributed by atoms with Crippen LogP contribution in [0.2, 0.25) is 0 Å². The number of hydrogen-bond acceptors (Lipinski definition) is 1. The van der Waals surface area contributed by atoms with Crippen molar-refractivity contribution in [3.8, 4) is 0 Å². The fourth-order valence-electron chi connectivity index (χ4n) is 3.59. The van der Waals surface area contributed by atoms with E-state index in [0.29, 0.717) is 6.42 Å². The van der Waals surface area contributed by atoms with Gasteiger partial charge >= 0.3 is 5.97 Å². The molecule has 142 valence electrons. The lowest BCUT2D eigenvalue weighted by atomic mass is 10.3. The third-order valence-corrected chi connectivity index (χ3v) is 9.38. The number of rotatable bonds is 9. The van der Waals surface area contributed by atoms with Crippen molar-refractivity contribution >= 4 is 29.1 Å². The normalized spacial score (nSPS) is 11.6. The Morgan fingerprint density at radius 1 is 0.679 bits per heavy atom. The SMILES string of the molecule is O=C(O)CC/C=C/CC[P+](c1ccccc1)(c1ccccc1)c1ccccc1. The molecule has 0 bridgehead atoms. The van der Waals surface area contributed by atoms with Gasteiger partial charge in [-0.1, -0.05) is 66.7 Å². The number of carboxylic acids is 1. The molecule has 0 aliphatic carbocycles. The summed E-state index contributed by atoms with van der Waals surface area (Å²) in [5.41, 5.74) is 0.